The van der Waals surface area contributed by atoms with Crippen LogP contribution in [0.4, 0.5) is 11.4 Å². The lowest BCUT2D eigenvalue weighted by Crippen LogP contribution is -2.25. The number of aromatic nitrogens is 3. The molecule has 0 amide bonds. The van der Waals surface area contributed by atoms with Crippen LogP contribution in [0.3, 0.4) is 0 Å². The van der Waals surface area contributed by atoms with E-state index in [1.165, 1.54) is 5.69 Å². The maximum Gasteiger partial charge on any atom is 0.276 e. The number of nitrogens with one attached hydrogen (secondary N) is 1. The summed E-state index contributed by atoms with van der Waals surface area (Å²) in [7, 11) is 0. The number of aryl methyl sites for hydroxylation is 1. The number of hydrogen-bond donors (Lipinski definition) is 1. The van der Waals surface area contributed by atoms with E-state index >= 15 is 0 Å². The lowest BCUT2D eigenvalue weighted by molar-refractivity contribution is 0.745. The number of rotatable bonds is 7. The van der Waals surface area contributed by atoms with Crippen LogP contribution < -0.4 is 21.2 Å². The summed E-state index contributed by atoms with van der Waals surface area (Å²) in [5.74, 6) is 0.169. The van der Waals surface area contributed by atoms with Crippen molar-refractivity contribution in [3.05, 3.63) is 56.1 Å². The lowest BCUT2D eigenvalue weighted by Gasteiger charge is -2.21. The Morgan fingerprint density at radius 2 is 1.88 bits per heavy atom. The third-order valence-corrected chi connectivity index (χ3v) is 5.97. The molecule has 6 nitrogen and oxygen atoms in total. The van der Waals surface area contributed by atoms with Gasteiger partial charge in [-0.15, -0.1) is 0 Å². The van der Waals surface area contributed by atoms with Crippen LogP contribution in [0.5, 0.6) is 0 Å². The molecule has 0 atom stereocenters. The van der Waals surface area contributed by atoms with E-state index in [-0.39, 0.29) is 11.5 Å². The number of anilines is 1. The summed E-state index contributed by atoms with van der Waals surface area (Å²) < 4.78 is 1.58. The number of hydrogen-bond acceptors (Lipinski definition) is 4. The summed E-state index contributed by atoms with van der Waals surface area (Å²) in [6.45, 7) is 18.7. The Hall–Kier alpha value is -2.89. The fourth-order valence-corrected chi connectivity index (χ4v) is 4.20. The molecule has 0 fully saturated rings. The van der Waals surface area contributed by atoms with Gasteiger partial charge in [0.25, 0.3) is 5.56 Å². The number of fused-ring (bicyclic) bond motifs is 1. The van der Waals surface area contributed by atoms with Crippen molar-refractivity contribution in [3.8, 4) is 0 Å². The Kier molecular flexibility index (Phi) is 7.22. The van der Waals surface area contributed by atoms with Gasteiger partial charge >= 0.3 is 0 Å². The zero-order chi connectivity index (χ0) is 23.6. The number of aromatic amines is 1. The van der Waals surface area contributed by atoms with Crippen molar-refractivity contribution in [2.24, 2.45) is 4.99 Å². The van der Waals surface area contributed by atoms with E-state index in [4.69, 9.17) is 9.98 Å². The first-order valence-corrected chi connectivity index (χ1v) is 11.8. The van der Waals surface area contributed by atoms with Crippen LogP contribution in [0.25, 0.3) is 11.2 Å². The molecule has 3 aromatic rings. The van der Waals surface area contributed by atoms with Crippen LogP contribution in [0.2, 0.25) is 0 Å². The molecule has 0 spiro atoms. The maximum atomic E-state index is 13.4. The van der Waals surface area contributed by atoms with Crippen LogP contribution in [0.15, 0.2) is 28.0 Å². The molecule has 2 heterocycles. The van der Waals surface area contributed by atoms with E-state index in [2.05, 4.69) is 69.7 Å². The van der Waals surface area contributed by atoms with E-state index < -0.39 is 0 Å². The topological polar surface area (TPSA) is 65.8 Å². The molecule has 0 saturated carbocycles. The second-order valence-electron chi connectivity index (χ2n) is 8.93. The van der Waals surface area contributed by atoms with Gasteiger partial charge in [-0.2, -0.15) is 4.52 Å². The highest BCUT2D eigenvalue weighted by Gasteiger charge is 2.18. The van der Waals surface area contributed by atoms with Crippen molar-refractivity contribution in [1.82, 2.24) is 14.6 Å². The molecule has 2 aromatic heterocycles. The second-order valence-corrected chi connectivity index (χ2v) is 8.93. The van der Waals surface area contributed by atoms with Gasteiger partial charge in [0.05, 0.1) is 16.7 Å². The summed E-state index contributed by atoms with van der Waals surface area (Å²) in [5.41, 5.74) is 6.51. The van der Waals surface area contributed by atoms with Gasteiger partial charge in [-0.3, -0.25) is 9.89 Å². The van der Waals surface area contributed by atoms with E-state index in [9.17, 15) is 4.79 Å². The van der Waals surface area contributed by atoms with Crippen molar-refractivity contribution in [2.75, 3.05) is 18.0 Å². The van der Waals surface area contributed by atoms with Crippen molar-refractivity contribution in [2.45, 2.75) is 74.1 Å². The highest BCUT2D eigenvalue weighted by molar-refractivity contribution is 5.58. The van der Waals surface area contributed by atoms with Crippen LogP contribution >= 0.6 is 0 Å². The average Bonchev–Trinajstić information content (AvgIpc) is 3.11. The molecule has 0 aliphatic heterocycles. The maximum absolute atomic E-state index is 13.4. The molecule has 1 aromatic carbocycles. The van der Waals surface area contributed by atoms with Crippen LogP contribution in [-0.4, -0.2) is 27.7 Å². The standard InChI is InChI=1S/C26H37N5O/c1-9-12-20-22(16(4)5)28-25-24(23(17(6)7)29-31(25)26(20)32)27-21-14-13-19(15-18(21)8)30(10-2)11-3/h13-16,29H,9-12H2,1-8H3. The van der Waals surface area contributed by atoms with Gasteiger partial charge in [0.15, 0.2) is 5.65 Å². The van der Waals surface area contributed by atoms with Gasteiger partial charge in [0, 0.05) is 24.3 Å². The minimum atomic E-state index is -0.0156. The van der Waals surface area contributed by atoms with Crippen molar-refractivity contribution in [3.63, 3.8) is 0 Å². The zero-order valence-corrected chi connectivity index (χ0v) is 20.8. The molecule has 6 heteroatoms. The molecule has 0 aliphatic rings. The van der Waals surface area contributed by atoms with Crippen molar-refractivity contribution >= 4 is 22.6 Å². The predicted molar refractivity (Wildman–Crippen MR) is 134 cm³/mol. The monoisotopic (exact) mass is 435 g/mol. The SMILES string of the molecule is CCCc1c(C(C)C)nc2c(=Nc3ccc(N(CC)CC)cc3C)c(=C(C)C)[nH]n2c1=O. The summed E-state index contributed by atoms with van der Waals surface area (Å²) in [4.78, 5) is 25.7. The molecule has 0 bridgehead atoms. The highest BCUT2D eigenvalue weighted by atomic mass is 16.1. The van der Waals surface area contributed by atoms with Gasteiger partial charge in [-0.1, -0.05) is 27.2 Å². The van der Waals surface area contributed by atoms with E-state index in [1.54, 1.807) is 4.52 Å². The quantitative estimate of drug-likeness (QED) is 0.598. The Morgan fingerprint density at radius 3 is 2.41 bits per heavy atom. The number of H-pyrrole nitrogens is 1. The zero-order valence-electron chi connectivity index (χ0n) is 20.8. The Balaban J connectivity index is 2.36. The Bertz CT molecular complexity index is 1290. The first-order chi connectivity index (χ1) is 15.2. The van der Waals surface area contributed by atoms with Gasteiger partial charge in [0.1, 0.15) is 5.36 Å². The number of nitrogens with zero attached hydrogens (tertiary/aromatic N) is 4. The second kappa shape index (κ2) is 9.72. The van der Waals surface area contributed by atoms with Gasteiger partial charge in [0.2, 0.25) is 0 Å². The predicted octanol–water partition coefficient (Wildman–Crippen LogP) is 4.39. The first kappa shape index (κ1) is 23.8. The van der Waals surface area contributed by atoms with Crippen LogP contribution in [0, 0.1) is 6.92 Å². The molecule has 32 heavy (non-hydrogen) atoms. The van der Waals surface area contributed by atoms with Crippen molar-refractivity contribution < 1.29 is 0 Å². The largest absolute Gasteiger partial charge is 0.372 e. The molecule has 0 saturated heterocycles. The summed E-state index contributed by atoms with van der Waals surface area (Å²) in [5, 5.41) is 4.87. The van der Waals surface area contributed by atoms with Crippen LogP contribution in [0.1, 0.15) is 77.6 Å². The average molecular weight is 436 g/mol. The summed E-state index contributed by atoms with van der Waals surface area (Å²) in [6.07, 6.45) is 1.63. The lowest BCUT2D eigenvalue weighted by atomic mass is 10.0. The van der Waals surface area contributed by atoms with Crippen LogP contribution in [-0.2, 0) is 6.42 Å². The van der Waals surface area contributed by atoms with Gasteiger partial charge in [-0.25, -0.2) is 9.98 Å². The molecular formula is C26H37N5O. The molecule has 0 radical (unpaired) electrons. The van der Waals surface area contributed by atoms with Crippen molar-refractivity contribution in [1.29, 1.82) is 0 Å². The normalized spacial score (nSPS) is 12.2. The highest BCUT2D eigenvalue weighted by Crippen LogP contribution is 2.24. The minimum absolute atomic E-state index is 0.0156. The summed E-state index contributed by atoms with van der Waals surface area (Å²) in [6, 6.07) is 6.36. The Morgan fingerprint density at radius 1 is 1.19 bits per heavy atom. The fraction of sp³-hybridized carbons (Fsp3) is 0.500. The fourth-order valence-electron chi connectivity index (χ4n) is 4.20. The Labute approximate surface area is 190 Å². The van der Waals surface area contributed by atoms with Gasteiger partial charge < -0.3 is 4.90 Å². The first-order valence-electron chi connectivity index (χ1n) is 11.8. The van der Waals surface area contributed by atoms with E-state index in [0.717, 1.165) is 64.7 Å². The summed E-state index contributed by atoms with van der Waals surface area (Å²) >= 11 is 0. The van der Waals surface area contributed by atoms with Gasteiger partial charge in [-0.05, 0) is 76.3 Å². The molecule has 0 unspecified atom stereocenters. The number of benzene rings is 1. The van der Waals surface area contributed by atoms with E-state index in [1.807, 2.05) is 13.8 Å². The molecule has 3 rings (SSSR count). The molecular weight excluding hydrogens is 398 g/mol. The molecule has 172 valence electrons. The third kappa shape index (κ3) is 4.36. The third-order valence-electron chi connectivity index (χ3n) is 5.97. The van der Waals surface area contributed by atoms with E-state index in [0.29, 0.717) is 5.65 Å². The minimum Gasteiger partial charge on any atom is -0.372 e. The molecule has 1 N–H and O–H groups in total. The molecule has 0 aliphatic carbocycles. The smallest absolute Gasteiger partial charge is 0.276 e.